The Morgan fingerprint density at radius 2 is 1.81 bits per heavy atom. The average Bonchev–Trinajstić information content (AvgIpc) is 3.13. The van der Waals surface area contributed by atoms with Crippen LogP contribution in [-0.2, 0) is 11.2 Å². The van der Waals surface area contributed by atoms with Crippen LogP contribution in [0.1, 0.15) is 5.82 Å². The number of nitrogens with zero attached hydrogens (tertiary/aromatic N) is 2. The molecule has 0 atom stereocenters. The summed E-state index contributed by atoms with van der Waals surface area (Å²) in [6, 6.07) is 17.9. The molecular weight excluding hydrogens is 360 g/mol. The number of H-pyrrole nitrogens is 1. The van der Waals surface area contributed by atoms with E-state index >= 15 is 0 Å². The lowest BCUT2D eigenvalue weighted by Gasteiger charge is -2.26. The Bertz CT molecular complexity index is 921. The topological polar surface area (TPSA) is 61.0 Å². The molecule has 1 amide bonds. The van der Waals surface area contributed by atoms with Crippen LogP contribution >= 0.6 is 11.6 Å². The van der Waals surface area contributed by atoms with E-state index in [0.717, 1.165) is 41.4 Å². The average molecular weight is 381 g/mol. The van der Waals surface area contributed by atoms with Crippen molar-refractivity contribution in [2.75, 3.05) is 26.2 Å². The van der Waals surface area contributed by atoms with Gasteiger partial charge in [-0.15, -0.1) is 0 Å². The lowest BCUT2D eigenvalue weighted by molar-refractivity contribution is -0.131. The maximum absolute atomic E-state index is 12.0. The van der Waals surface area contributed by atoms with Gasteiger partial charge in [-0.3, -0.25) is 4.79 Å². The predicted octanol–water partition coefficient (Wildman–Crippen LogP) is 3.37. The van der Waals surface area contributed by atoms with Crippen LogP contribution in [0, 0.1) is 0 Å². The number of nitrogens with one attached hydrogen (secondary N) is 2. The van der Waals surface area contributed by atoms with Crippen molar-refractivity contribution in [2.45, 2.75) is 6.42 Å². The second kappa shape index (κ2) is 7.94. The lowest BCUT2D eigenvalue weighted by atomic mass is 10.1. The third kappa shape index (κ3) is 4.04. The Kier molecular flexibility index (Phi) is 5.23. The van der Waals surface area contributed by atoms with Crippen LogP contribution in [-0.4, -0.2) is 47.0 Å². The molecule has 0 saturated carbocycles. The van der Waals surface area contributed by atoms with E-state index in [1.165, 1.54) is 0 Å². The fraction of sp³-hybridized carbons (Fsp3) is 0.238. The summed E-state index contributed by atoms with van der Waals surface area (Å²) in [5.41, 5.74) is 3.98. The van der Waals surface area contributed by atoms with Gasteiger partial charge in [0.2, 0.25) is 5.91 Å². The van der Waals surface area contributed by atoms with Crippen molar-refractivity contribution in [1.82, 2.24) is 20.2 Å². The normalized spacial score (nSPS) is 14.6. The van der Waals surface area contributed by atoms with Crippen LogP contribution in [0.4, 0.5) is 0 Å². The van der Waals surface area contributed by atoms with E-state index in [-0.39, 0.29) is 5.91 Å². The molecule has 6 heteroatoms. The standard InChI is InChI=1S/C21H21ClN4O/c22-17-8-6-16(7-9-17)21-20(15-4-2-1-3-5-15)24-18(25-21)10-12-26-13-11-23-14-19(26)27/h1-9,23H,10-14H2,(H,24,25). The fourth-order valence-electron chi connectivity index (χ4n) is 3.29. The maximum atomic E-state index is 12.0. The molecule has 2 N–H and O–H groups in total. The summed E-state index contributed by atoms with van der Waals surface area (Å²) in [6.07, 6.45) is 0.694. The van der Waals surface area contributed by atoms with E-state index in [2.05, 4.69) is 22.4 Å². The summed E-state index contributed by atoms with van der Waals surface area (Å²) in [7, 11) is 0. The highest BCUT2D eigenvalue weighted by Gasteiger charge is 2.19. The van der Waals surface area contributed by atoms with E-state index in [4.69, 9.17) is 16.6 Å². The number of carbonyl (C=O) groups is 1. The van der Waals surface area contributed by atoms with Crippen molar-refractivity contribution in [2.24, 2.45) is 0 Å². The lowest BCUT2D eigenvalue weighted by Crippen LogP contribution is -2.48. The van der Waals surface area contributed by atoms with Crippen LogP contribution in [0.15, 0.2) is 54.6 Å². The highest BCUT2D eigenvalue weighted by Crippen LogP contribution is 2.31. The van der Waals surface area contributed by atoms with E-state index < -0.39 is 0 Å². The molecule has 1 aliphatic rings. The molecule has 2 heterocycles. The van der Waals surface area contributed by atoms with Gasteiger partial charge in [-0.05, 0) is 12.1 Å². The Hall–Kier alpha value is -2.63. The number of aromatic amines is 1. The third-order valence-corrected chi connectivity index (χ3v) is 4.99. The zero-order chi connectivity index (χ0) is 18.6. The first kappa shape index (κ1) is 17.8. The van der Waals surface area contributed by atoms with E-state index in [1.54, 1.807) is 0 Å². The SMILES string of the molecule is O=C1CNCCN1CCc1nc(-c2ccccc2)c(-c2ccc(Cl)cc2)[nH]1. The number of hydrogen-bond acceptors (Lipinski definition) is 3. The van der Waals surface area contributed by atoms with Crippen molar-refractivity contribution in [3.05, 3.63) is 65.4 Å². The molecule has 0 spiro atoms. The van der Waals surface area contributed by atoms with Gasteiger partial charge in [-0.25, -0.2) is 4.98 Å². The molecule has 27 heavy (non-hydrogen) atoms. The van der Waals surface area contributed by atoms with Gasteiger partial charge in [0.15, 0.2) is 0 Å². The Morgan fingerprint density at radius 3 is 2.56 bits per heavy atom. The van der Waals surface area contributed by atoms with Crippen molar-refractivity contribution in [3.8, 4) is 22.5 Å². The van der Waals surface area contributed by atoms with Crippen molar-refractivity contribution in [1.29, 1.82) is 0 Å². The zero-order valence-electron chi connectivity index (χ0n) is 14.9. The molecular formula is C21H21ClN4O. The van der Waals surface area contributed by atoms with Gasteiger partial charge >= 0.3 is 0 Å². The molecule has 1 saturated heterocycles. The highest BCUT2D eigenvalue weighted by atomic mass is 35.5. The smallest absolute Gasteiger partial charge is 0.236 e. The number of hydrogen-bond donors (Lipinski definition) is 2. The third-order valence-electron chi connectivity index (χ3n) is 4.74. The number of aromatic nitrogens is 2. The fourth-order valence-corrected chi connectivity index (χ4v) is 3.42. The van der Waals surface area contributed by atoms with Crippen LogP contribution in [0.2, 0.25) is 5.02 Å². The van der Waals surface area contributed by atoms with E-state index in [9.17, 15) is 4.79 Å². The zero-order valence-corrected chi connectivity index (χ0v) is 15.7. The predicted molar refractivity (Wildman–Crippen MR) is 108 cm³/mol. The van der Waals surface area contributed by atoms with Gasteiger partial charge in [0, 0.05) is 42.2 Å². The maximum Gasteiger partial charge on any atom is 0.236 e. The monoisotopic (exact) mass is 380 g/mol. The first-order chi connectivity index (χ1) is 13.2. The molecule has 4 rings (SSSR count). The number of benzene rings is 2. The van der Waals surface area contributed by atoms with Crippen molar-refractivity contribution in [3.63, 3.8) is 0 Å². The van der Waals surface area contributed by atoms with Crippen LogP contribution in [0.3, 0.4) is 0 Å². The minimum Gasteiger partial charge on any atom is -0.341 e. The molecule has 1 fully saturated rings. The first-order valence-electron chi connectivity index (χ1n) is 9.09. The van der Waals surface area contributed by atoms with Gasteiger partial charge in [0.25, 0.3) is 0 Å². The summed E-state index contributed by atoms with van der Waals surface area (Å²) in [5, 5.41) is 3.80. The van der Waals surface area contributed by atoms with E-state index in [0.29, 0.717) is 24.5 Å². The van der Waals surface area contributed by atoms with Gasteiger partial charge in [-0.1, -0.05) is 54.1 Å². The van der Waals surface area contributed by atoms with E-state index in [1.807, 2.05) is 47.4 Å². The molecule has 3 aromatic rings. The molecule has 0 aliphatic carbocycles. The number of piperazine rings is 1. The summed E-state index contributed by atoms with van der Waals surface area (Å²) < 4.78 is 0. The largest absolute Gasteiger partial charge is 0.341 e. The van der Waals surface area contributed by atoms with Gasteiger partial charge in [0.05, 0.1) is 17.9 Å². The van der Waals surface area contributed by atoms with Crippen LogP contribution < -0.4 is 5.32 Å². The van der Waals surface area contributed by atoms with Crippen molar-refractivity contribution < 1.29 is 4.79 Å². The molecule has 5 nitrogen and oxygen atoms in total. The summed E-state index contributed by atoms with van der Waals surface area (Å²) in [4.78, 5) is 22.2. The number of imidazole rings is 1. The number of amides is 1. The number of carbonyl (C=O) groups excluding carboxylic acids is 1. The molecule has 1 aromatic heterocycles. The number of halogens is 1. The number of rotatable bonds is 5. The second-order valence-corrected chi connectivity index (χ2v) is 7.02. The second-order valence-electron chi connectivity index (χ2n) is 6.59. The molecule has 0 radical (unpaired) electrons. The van der Waals surface area contributed by atoms with Gasteiger partial charge in [0.1, 0.15) is 5.82 Å². The van der Waals surface area contributed by atoms with Crippen LogP contribution in [0.5, 0.6) is 0 Å². The summed E-state index contributed by atoms with van der Waals surface area (Å²) in [6.45, 7) is 2.68. The molecule has 1 aliphatic heterocycles. The molecule has 138 valence electrons. The molecule has 2 aromatic carbocycles. The first-order valence-corrected chi connectivity index (χ1v) is 9.47. The Labute approximate surface area is 163 Å². The quantitative estimate of drug-likeness (QED) is 0.713. The highest BCUT2D eigenvalue weighted by molar-refractivity contribution is 6.30. The minimum atomic E-state index is 0.147. The molecule has 0 unspecified atom stereocenters. The Balaban J connectivity index is 1.63. The van der Waals surface area contributed by atoms with Gasteiger partial charge < -0.3 is 15.2 Å². The van der Waals surface area contributed by atoms with Gasteiger partial charge in [-0.2, -0.15) is 0 Å². The van der Waals surface area contributed by atoms with Crippen LogP contribution in [0.25, 0.3) is 22.5 Å². The molecule has 0 bridgehead atoms. The summed E-state index contributed by atoms with van der Waals surface area (Å²) >= 11 is 6.04. The Morgan fingerprint density at radius 1 is 1.04 bits per heavy atom. The minimum absolute atomic E-state index is 0.147. The summed E-state index contributed by atoms with van der Waals surface area (Å²) in [5.74, 6) is 1.03. The van der Waals surface area contributed by atoms with Crippen molar-refractivity contribution >= 4 is 17.5 Å².